The van der Waals surface area contributed by atoms with Gasteiger partial charge in [-0.05, 0) is 30.7 Å². The van der Waals surface area contributed by atoms with Crippen molar-refractivity contribution < 1.29 is 4.79 Å². The molecule has 1 amide bonds. The van der Waals surface area contributed by atoms with Crippen LogP contribution in [0.3, 0.4) is 0 Å². The molecule has 0 unspecified atom stereocenters. The van der Waals surface area contributed by atoms with Crippen molar-refractivity contribution in [2.75, 3.05) is 12.0 Å². The average molecular weight is 280 g/mol. The highest BCUT2D eigenvalue weighted by molar-refractivity contribution is 7.98. The molecule has 2 atom stereocenters. The zero-order valence-corrected chi connectivity index (χ0v) is 13.3. The number of hydrogen-bond acceptors (Lipinski definition) is 3. The number of pyridine rings is 1. The van der Waals surface area contributed by atoms with Gasteiger partial charge in [0, 0.05) is 17.9 Å². The third-order valence-electron chi connectivity index (χ3n) is 3.17. The van der Waals surface area contributed by atoms with Gasteiger partial charge in [-0.3, -0.25) is 9.78 Å². The topological polar surface area (TPSA) is 42.0 Å². The fourth-order valence-electron chi connectivity index (χ4n) is 2.00. The van der Waals surface area contributed by atoms with E-state index in [-0.39, 0.29) is 17.9 Å². The van der Waals surface area contributed by atoms with E-state index in [0.717, 1.165) is 17.0 Å². The summed E-state index contributed by atoms with van der Waals surface area (Å²) in [5, 5.41) is 3.14. The Kier molecular flexibility index (Phi) is 6.35. The lowest BCUT2D eigenvalue weighted by molar-refractivity contribution is -0.125. The monoisotopic (exact) mass is 280 g/mol. The molecular formula is C15H24N2OS. The van der Waals surface area contributed by atoms with Gasteiger partial charge in [0.2, 0.25) is 5.91 Å². The number of hydrogen-bond donors (Lipinski definition) is 1. The molecule has 0 aromatic carbocycles. The molecule has 0 bridgehead atoms. The Morgan fingerprint density at radius 3 is 2.63 bits per heavy atom. The van der Waals surface area contributed by atoms with E-state index in [2.05, 4.69) is 24.1 Å². The molecule has 0 radical (unpaired) electrons. The molecule has 3 nitrogen and oxygen atoms in total. The van der Waals surface area contributed by atoms with Crippen molar-refractivity contribution in [3.8, 4) is 0 Å². The summed E-state index contributed by atoms with van der Waals surface area (Å²) in [6.45, 7) is 8.22. The molecule has 106 valence electrons. The Bertz CT molecular complexity index is 420. The summed E-state index contributed by atoms with van der Waals surface area (Å²) in [4.78, 5) is 16.6. The summed E-state index contributed by atoms with van der Waals surface area (Å²) in [5.74, 6) is 1.30. The molecule has 1 aromatic rings. The summed E-state index contributed by atoms with van der Waals surface area (Å²) < 4.78 is 0. The summed E-state index contributed by atoms with van der Waals surface area (Å²) in [6.07, 6.45) is 3.81. The van der Waals surface area contributed by atoms with E-state index in [4.69, 9.17) is 0 Å². The number of aromatic nitrogens is 1. The maximum Gasteiger partial charge on any atom is 0.224 e. The van der Waals surface area contributed by atoms with Crippen LogP contribution < -0.4 is 5.32 Å². The van der Waals surface area contributed by atoms with E-state index in [9.17, 15) is 4.79 Å². The Labute approximate surface area is 120 Å². The van der Waals surface area contributed by atoms with Crippen LogP contribution in [0.4, 0.5) is 0 Å². The zero-order valence-electron chi connectivity index (χ0n) is 12.4. The summed E-state index contributed by atoms with van der Waals surface area (Å²) in [7, 11) is 0. The third-order valence-corrected chi connectivity index (χ3v) is 4.01. The Balaban J connectivity index is 2.86. The zero-order chi connectivity index (χ0) is 14.4. The van der Waals surface area contributed by atoms with Crippen molar-refractivity contribution in [2.24, 2.45) is 11.8 Å². The molecule has 1 aromatic heterocycles. The number of carbonyl (C=O) groups is 1. The smallest absolute Gasteiger partial charge is 0.224 e. The lowest BCUT2D eigenvalue weighted by Gasteiger charge is -2.25. The molecule has 0 saturated carbocycles. The van der Waals surface area contributed by atoms with E-state index in [0.29, 0.717) is 5.92 Å². The molecular weight excluding hydrogens is 256 g/mol. The highest BCUT2D eigenvalue weighted by Crippen LogP contribution is 2.23. The van der Waals surface area contributed by atoms with Gasteiger partial charge in [0.05, 0.1) is 11.7 Å². The van der Waals surface area contributed by atoms with Crippen LogP contribution in [0.1, 0.15) is 38.1 Å². The molecule has 0 spiro atoms. The molecule has 0 aliphatic heterocycles. The van der Waals surface area contributed by atoms with Crippen molar-refractivity contribution >= 4 is 17.7 Å². The van der Waals surface area contributed by atoms with Crippen LogP contribution >= 0.6 is 11.8 Å². The van der Waals surface area contributed by atoms with Gasteiger partial charge >= 0.3 is 0 Å². The average Bonchev–Trinajstić information content (AvgIpc) is 2.36. The van der Waals surface area contributed by atoms with E-state index in [1.807, 2.05) is 32.2 Å². The minimum atomic E-state index is -0.0157. The molecule has 0 aliphatic rings. The third kappa shape index (κ3) is 4.53. The predicted octanol–water partition coefficient (Wildman–Crippen LogP) is 3.20. The van der Waals surface area contributed by atoms with Gasteiger partial charge in [0.1, 0.15) is 0 Å². The predicted molar refractivity (Wildman–Crippen MR) is 82.2 cm³/mol. The van der Waals surface area contributed by atoms with Crippen LogP contribution in [-0.2, 0) is 4.79 Å². The Morgan fingerprint density at radius 1 is 1.42 bits per heavy atom. The Morgan fingerprint density at radius 2 is 2.11 bits per heavy atom. The van der Waals surface area contributed by atoms with Gasteiger partial charge < -0.3 is 5.32 Å². The number of carbonyl (C=O) groups excluding carboxylic acids is 1. The normalized spacial score (nSPS) is 14.2. The first-order chi connectivity index (χ1) is 8.97. The quantitative estimate of drug-likeness (QED) is 0.870. The fourth-order valence-corrected chi connectivity index (χ4v) is 2.65. The number of aryl methyl sites for hydroxylation is 1. The van der Waals surface area contributed by atoms with Crippen molar-refractivity contribution in [1.82, 2.24) is 10.3 Å². The Hall–Kier alpha value is -1.03. The first-order valence-electron chi connectivity index (χ1n) is 6.68. The summed E-state index contributed by atoms with van der Waals surface area (Å²) in [6, 6.07) is 3.95. The summed E-state index contributed by atoms with van der Waals surface area (Å²) in [5.41, 5.74) is 2.10. The van der Waals surface area contributed by atoms with Crippen LogP contribution in [0.5, 0.6) is 0 Å². The molecule has 19 heavy (non-hydrogen) atoms. The van der Waals surface area contributed by atoms with E-state index in [1.165, 1.54) is 0 Å². The van der Waals surface area contributed by atoms with Crippen LogP contribution in [0, 0.1) is 18.8 Å². The van der Waals surface area contributed by atoms with Crippen molar-refractivity contribution in [1.29, 1.82) is 0 Å². The van der Waals surface area contributed by atoms with Crippen molar-refractivity contribution in [3.63, 3.8) is 0 Å². The second kappa shape index (κ2) is 7.53. The van der Waals surface area contributed by atoms with Gasteiger partial charge in [-0.15, -0.1) is 0 Å². The minimum absolute atomic E-state index is 0.0157. The van der Waals surface area contributed by atoms with Gasteiger partial charge in [0.15, 0.2) is 0 Å². The lowest BCUT2D eigenvalue weighted by atomic mass is 9.96. The maximum absolute atomic E-state index is 12.2. The molecule has 4 heteroatoms. The SMILES string of the molecule is CSC[C@H](C)C(=O)N[C@H](c1ncccc1C)C(C)C. The molecule has 0 fully saturated rings. The first-order valence-corrected chi connectivity index (χ1v) is 8.07. The van der Waals surface area contributed by atoms with Gasteiger partial charge in [-0.1, -0.05) is 26.8 Å². The number of amides is 1. The molecule has 1 heterocycles. The maximum atomic E-state index is 12.2. The second-order valence-electron chi connectivity index (χ2n) is 5.29. The largest absolute Gasteiger partial charge is 0.347 e. The number of nitrogens with zero attached hydrogens (tertiary/aromatic N) is 1. The van der Waals surface area contributed by atoms with E-state index in [1.54, 1.807) is 18.0 Å². The highest BCUT2D eigenvalue weighted by atomic mass is 32.2. The van der Waals surface area contributed by atoms with E-state index < -0.39 is 0 Å². The number of rotatable bonds is 6. The summed E-state index contributed by atoms with van der Waals surface area (Å²) >= 11 is 1.70. The van der Waals surface area contributed by atoms with Gasteiger partial charge in [0.25, 0.3) is 0 Å². The number of nitrogens with one attached hydrogen (secondary N) is 1. The van der Waals surface area contributed by atoms with Crippen molar-refractivity contribution in [3.05, 3.63) is 29.6 Å². The van der Waals surface area contributed by atoms with E-state index >= 15 is 0 Å². The van der Waals surface area contributed by atoms with Crippen LogP contribution in [0.15, 0.2) is 18.3 Å². The van der Waals surface area contributed by atoms with Gasteiger partial charge in [-0.25, -0.2) is 0 Å². The standard InChI is InChI=1S/C15H24N2OS/c1-10(2)13(14-11(3)7-6-8-16-14)17-15(18)12(4)9-19-5/h6-8,10,12-13H,9H2,1-5H3,(H,17,18)/t12-,13-/m0/s1. The number of thioether (sulfide) groups is 1. The van der Waals surface area contributed by atoms with Gasteiger partial charge in [-0.2, -0.15) is 11.8 Å². The molecule has 0 aliphatic carbocycles. The molecule has 1 rings (SSSR count). The minimum Gasteiger partial charge on any atom is -0.347 e. The van der Waals surface area contributed by atoms with Crippen LogP contribution in [0.2, 0.25) is 0 Å². The fraction of sp³-hybridized carbons (Fsp3) is 0.600. The van der Waals surface area contributed by atoms with Crippen molar-refractivity contribution in [2.45, 2.75) is 33.7 Å². The van der Waals surface area contributed by atoms with Crippen LogP contribution in [0.25, 0.3) is 0 Å². The lowest BCUT2D eigenvalue weighted by Crippen LogP contribution is -2.36. The first kappa shape index (κ1) is 16.0. The molecule has 0 saturated heterocycles. The van der Waals surface area contributed by atoms with Crippen LogP contribution in [-0.4, -0.2) is 22.9 Å². The molecule has 1 N–H and O–H groups in total. The second-order valence-corrected chi connectivity index (χ2v) is 6.20. The highest BCUT2D eigenvalue weighted by Gasteiger charge is 2.23.